The highest BCUT2D eigenvalue weighted by molar-refractivity contribution is 5.05. The molecule has 0 bridgehead atoms. The summed E-state index contributed by atoms with van der Waals surface area (Å²) in [6.45, 7) is 9.37. The molecule has 0 amide bonds. The SMILES string of the molecule is CC1CN2CCCC2CN1C1(CN)CCN(C)C1. The number of hydrogen-bond acceptors (Lipinski definition) is 4. The summed E-state index contributed by atoms with van der Waals surface area (Å²) >= 11 is 0. The van der Waals surface area contributed by atoms with Gasteiger partial charge < -0.3 is 10.6 Å². The third kappa shape index (κ3) is 1.99. The minimum atomic E-state index is 0.253. The van der Waals surface area contributed by atoms with E-state index in [9.17, 15) is 0 Å². The second-order valence-electron chi connectivity index (χ2n) is 6.71. The third-order valence-electron chi connectivity index (χ3n) is 5.45. The lowest BCUT2D eigenvalue weighted by Gasteiger charge is -2.51. The minimum absolute atomic E-state index is 0.253. The lowest BCUT2D eigenvalue weighted by atomic mass is 9.91. The van der Waals surface area contributed by atoms with E-state index in [-0.39, 0.29) is 5.54 Å². The Morgan fingerprint density at radius 2 is 2.11 bits per heavy atom. The maximum Gasteiger partial charge on any atom is 0.0474 e. The van der Waals surface area contributed by atoms with Crippen molar-refractivity contribution in [2.45, 2.75) is 43.8 Å². The van der Waals surface area contributed by atoms with Crippen LogP contribution >= 0.6 is 0 Å². The third-order valence-corrected chi connectivity index (χ3v) is 5.45. The van der Waals surface area contributed by atoms with E-state index in [4.69, 9.17) is 5.73 Å². The first kappa shape index (κ1) is 12.9. The molecule has 4 nitrogen and oxygen atoms in total. The molecule has 0 aromatic carbocycles. The van der Waals surface area contributed by atoms with Crippen molar-refractivity contribution in [2.24, 2.45) is 5.73 Å². The fourth-order valence-electron chi connectivity index (χ4n) is 4.43. The number of hydrogen-bond donors (Lipinski definition) is 1. The zero-order valence-electron chi connectivity index (χ0n) is 11.9. The van der Waals surface area contributed by atoms with Crippen LogP contribution in [0.3, 0.4) is 0 Å². The monoisotopic (exact) mass is 252 g/mol. The Balaban J connectivity index is 1.77. The second kappa shape index (κ2) is 4.75. The molecular weight excluding hydrogens is 224 g/mol. The number of rotatable bonds is 2. The number of fused-ring (bicyclic) bond motifs is 1. The molecule has 0 spiro atoms. The van der Waals surface area contributed by atoms with Crippen molar-refractivity contribution < 1.29 is 0 Å². The predicted octanol–water partition coefficient (Wildman–Crippen LogP) is 0.188. The molecule has 0 radical (unpaired) electrons. The maximum absolute atomic E-state index is 6.18. The molecular formula is C14H28N4. The highest BCUT2D eigenvalue weighted by Gasteiger charge is 2.46. The molecule has 3 heterocycles. The largest absolute Gasteiger partial charge is 0.329 e. The molecule has 0 aromatic rings. The van der Waals surface area contributed by atoms with Crippen LogP contribution in [0.15, 0.2) is 0 Å². The normalized spacial score (nSPS) is 43.5. The Hall–Kier alpha value is -0.160. The van der Waals surface area contributed by atoms with Gasteiger partial charge in [-0.3, -0.25) is 9.80 Å². The van der Waals surface area contributed by atoms with Crippen LogP contribution < -0.4 is 5.73 Å². The molecule has 104 valence electrons. The summed E-state index contributed by atoms with van der Waals surface area (Å²) in [5, 5.41) is 0. The van der Waals surface area contributed by atoms with Gasteiger partial charge in [0, 0.05) is 43.8 Å². The van der Waals surface area contributed by atoms with E-state index < -0.39 is 0 Å². The minimum Gasteiger partial charge on any atom is -0.329 e. The van der Waals surface area contributed by atoms with Gasteiger partial charge >= 0.3 is 0 Å². The van der Waals surface area contributed by atoms with Gasteiger partial charge in [-0.2, -0.15) is 0 Å². The van der Waals surface area contributed by atoms with E-state index in [2.05, 4.69) is 28.7 Å². The summed E-state index contributed by atoms with van der Waals surface area (Å²) < 4.78 is 0. The van der Waals surface area contributed by atoms with Crippen molar-refractivity contribution in [1.29, 1.82) is 0 Å². The highest BCUT2D eigenvalue weighted by atomic mass is 15.4. The van der Waals surface area contributed by atoms with E-state index in [0.717, 1.165) is 19.1 Å². The van der Waals surface area contributed by atoms with Gasteiger partial charge in [-0.1, -0.05) is 0 Å². The molecule has 3 aliphatic heterocycles. The van der Waals surface area contributed by atoms with Crippen LogP contribution in [0.5, 0.6) is 0 Å². The van der Waals surface area contributed by atoms with Crippen LogP contribution in [0.4, 0.5) is 0 Å². The Morgan fingerprint density at radius 1 is 1.28 bits per heavy atom. The number of nitrogens with zero attached hydrogens (tertiary/aromatic N) is 3. The summed E-state index contributed by atoms with van der Waals surface area (Å²) in [5.74, 6) is 0. The summed E-state index contributed by atoms with van der Waals surface area (Å²) in [6.07, 6.45) is 4.03. The second-order valence-corrected chi connectivity index (χ2v) is 6.71. The molecule has 4 heteroatoms. The van der Waals surface area contributed by atoms with Crippen molar-refractivity contribution in [3.8, 4) is 0 Å². The molecule has 3 aliphatic rings. The van der Waals surface area contributed by atoms with Crippen LogP contribution in [0.2, 0.25) is 0 Å². The molecule has 0 aromatic heterocycles. The average Bonchev–Trinajstić information content (AvgIpc) is 2.94. The van der Waals surface area contributed by atoms with Gasteiger partial charge in [-0.15, -0.1) is 0 Å². The number of nitrogens with two attached hydrogens (primary N) is 1. The Bertz CT molecular complexity index is 308. The van der Waals surface area contributed by atoms with Gasteiger partial charge in [-0.25, -0.2) is 0 Å². The molecule has 18 heavy (non-hydrogen) atoms. The van der Waals surface area contributed by atoms with Crippen molar-refractivity contribution in [1.82, 2.24) is 14.7 Å². The van der Waals surface area contributed by atoms with Crippen LogP contribution in [-0.2, 0) is 0 Å². The highest BCUT2D eigenvalue weighted by Crippen LogP contribution is 2.34. The fraction of sp³-hybridized carbons (Fsp3) is 1.00. The van der Waals surface area contributed by atoms with E-state index >= 15 is 0 Å². The summed E-state index contributed by atoms with van der Waals surface area (Å²) in [4.78, 5) is 7.90. The van der Waals surface area contributed by atoms with E-state index in [1.54, 1.807) is 0 Å². The van der Waals surface area contributed by atoms with Gasteiger partial charge in [0.1, 0.15) is 0 Å². The van der Waals surface area contributed by atoms with E-state index in [1.165, 1.54) is 45.4 Å². The first-order valence-electron chi connectivity index (χ1n) is 7.54. The molecule has 0 aliphatic carbocycles. The van der Waals surface area contributed by atoms with Gasteiger partial charge in [0.2, 0.25) is 0 Å². The smallest absolute Gasteiger partial charge is 0.0474 e. The molecule has 3 unspecified atom stereocenters. The van der Waals surface area contributed by atoms with E-state index in [1.807, 2.05) is 0 Å². The summed E-state index contributed by atoms with van der Waals surface area (Å²) in [5.41, 5.74) is 6.43. The topological polar surface area (TPSA) is 35.7 Å². The van der Waals surface area contributed by atoms with Crippen molar-refractivity contribution in [2.75, 3.05) is 46.3 Å². The van der Waals surface area contributed by atoms with Crippen molar-refractivity contribution >= 4 is 0 Å². The van der Waals surface area contributed by atoms with E-state index in [0.29, 0.717) is 6.04 Å². The predicted molar refractivity (Wildman–Crippen MR) is 74.7 cm³/mol. The lowest BCUT2D eigenvalue weighted by Crippen LogP contribution is -2.66. The van der Waals surface area contributed by atoms with Gasteiger partial charge in [0.25, 0.3) is 0 Å². The molecule has 0 saturated carbocycles. The molecule has 3 fully saturated rings. The first-order chi connectivity index (χ1) is 8.64. The average molecular weight is 252 g/mol. The molecule has 3 atom stereocenters. The Morgan fingerprint density at radius 3 is 2.78 bits per heavy atom. The number of likely N-dealkylation sites (tertiary alicyclic amines) is 1. The van der Waals surface area contributed by atoms with Crippen LogP contribution in [-0.4, -0.2) is 78.6 Å². The van der Waals surface area contributed by atoms with Crippen molar-refractivity contribution in [3.05, 3.63) is 0 Å². The fourth-order valence-corrected chi connectivity index (χ4v) is 4.43. The van der Waals surface area contributed by atoms with Gasteiger partial charge in [0.15, 0.2) is 0 Å². The van der Waals surface area contributed by atoms with Crippen LogP contribution in [0, 0.1) is 0 Å². The molecule has 2 N–H and O–H groups in total. The molecule has 3 saturated heterocycles. The first-order valence-corrected chi connectivity index (χ1v) is 7.54. The quantitative estimate of drug-likeness (QED) is 0.761. The standard InChI is InChI=1S/C14H28N4/c1-12-8-17-6-3-4-13(17)9-18(12)14(10-15)5-7-16(2)11-14/h12-13H,3-11,15H2,1-2H3. The van der Waals surface area contributed by atoms with Gasteiger partial charge in [0.05, 0.1) is 0 Å². The lowest BCUT2D eigenvalue weighted by molar-refractivity contribution is -0.0155. The zero-order valence-corrected chi connectivity index (χ0v) is 11.9. The van der Waals surface area contributed by atoms with Crippen LogP contribution in [0.25, 0.3) is 0 Å². The van der Waals surface area contributed by atoms with Crippen molar-refractivity contribution in [3.63, 3.8) is 0 Å². The number of likely N-dealkylation sites (N-methyl/N-ethyl adjacent to an activating group) is 1. The Labute approximate surface area is 111 Å². The molecule has 3 rings (SSSR count). The maximum atomic E-state index is 6.18. The van der Waals surface area contributed by atoms with Gasteiger partial charge in [-0.05, 0) is 46.3 Å². The number of piperazine rings is 1. The summed E-state index contributed by atoms with van der Waals surface area (Å²) in [6, 6.07) is 1.46. The van der Waals surface area contributed by atoms with Crippen LogP contribution in [0.1, 0.15) is 26.2 Å². The summed E-state index contributed by atoms with van der Waals surface area (Å²) in [7, 11) is 2.23. The zero-order chi connectivity index (χ0) is 12.8. The Kier molecular flexibility index (Phi) is 3.39.